The first-order chi connectivity index (χ1) is 14.3. The van der Waals surface area contributed by atoms with Crippen LogP contribution in [-0.2, 0) is 11.0 Å². The van der Waals surface area contributed by atoms with E-state index in [4.69, 9.17) is 0 Å². The second-order valence-corrected chi connectivity index (χ2v) is 7.87. The van der Waals surface area contributed by atoms with Gasteiger partial charge in [-0.1, -0.05) is 36.8 Å². The van der Waals surface area contributed by atoms with Gasteiger partial charge in [0.2, 0.25) is 5.91 Å². The maximum Gasteiger partial charge on any atom is 0.416 e. The minimum absolute atomic E-state index is 0.146. The van der Waals surface area contributed by atoms with Gasteiger partial charge in [0, 0.05) is 37.7 Å². The zero-order valence-electron chi connectivity index (χ0n) is 16.5. The minimum Gasteiger partial charge on any atom is -0.339 e. The van der Waals surface area contributed by atoms with E-state index in [2.05, 4.69) is 0 Å². The molecule has 2 aromatic carbocycles. The first kappa shape index (κ1) is 20.4. The summed E-state index contributed by atoms with van der Waals surface area (Å²) in [5, 5.41) is 0. The molecule has 1 saturated heterocycles. The lowest BCUT2D eigenvalue weighted by Gasteiger charge is -2.38. The summed E-state index contributed by atoms with van der Waals surface area (Å²) in [7, 11) is 0. The van der Waals surface area contributed by atoms with Crippen molar-refractivity contribution in [3.05, 3.63) is 59.7 Å². The smallest absolute Gasteiger partial charge is 0.339 e. The van der Waals surface area contributed by atoms with E-state index in [0.717, 1.165) is 31.4 Å². The highest BCUT2D eigenvalue weighted by atomic mass is 19.4. The molecule has 2 amide bonds. The number of benzene rings is 2. The summed E-state index contributed by atoms with van der Waals surface area (Å²) in [6, 6.07) is 11.8. The molecular formula is C23H23F3N2O2. The van der Waals surface area contributed by atoms with Crippen molar-refractivity contribution in [2.75, 3.05) is 26.2 Å². The zero-order chi connectivity index (χ0) is 21.3. The Bertz CT molecular complexity index is 928. The fourth-order valence-corrected chi connectivity index (χ4v) is 3.97. The SMILES string of the molecule is O=C(c1ccccc1-c1ccc(C(F)(F)F)cc1)N1CCN(C(=O)C2CCC2)CC1. The lowest BCUT2D eigenvalue weighted by Crippen LogP contribution is -2.52. The molecule has 0 bridgehead atoms. The molecule has 1 saturated carbocycles. The Labute approximate surface area is 173 Å². The van der Waals surface area contributed by atoms with Crippen LogP contribution in [0.2, 0.25) is 0 Å². The Kier molecular flexibility index (Phi) is 5.54. The molecule has 30 heavy (non-hydrogen) atoms. The van der Waals surface area contributed by atoms with Gasteiger partial charge < -0.3 is 9.80 Å². The van der Waals surface area contributed by atoms with E-state index in [9.17, 15) is 22.8 Å². The lowest BCUT2D eigenvalue weighted by atomic mass is 9.84. The number of carbonyl (C=O) groups excluding carboxylic acids is 2. The molecule has 4 nitrogen and oxygen atoms in total. The summed E-state index contributed by atoms with van der Waals surface area (Å²) in [5.74, 6) is 0.174. The molecule has 0 radical (unpaired) electrons. The van der Waals surface area contributed by atoms with Crippen molar-refractivity contribution in [1.82, 2.24) is 9.80 Å². The largest absolute Gasteiger partial charge is 0.416 e. The Morgan fingerprint density at radius 2 is 1.43 bits per heavy atom. The van der Waals surface area contributed by atoms with E-state index in [0.29, 0.717) is 42.9 Å². The zero-order valence-corrected chi connectivity index (χ0v) is 16.5. The van der Waals surface area contributed by atoms with Gasteiger partial charge in [-0.15, -0.1) is 0 Å². The van der Waals surface area contributed by atoms with Crippen molar-refractivity contribution in [2.24, 2.45) is 5.92 Å². The van der Waals surface area contributed by atoms with Crippen LogP contribution in [0.15, 0.2) is 48.5 Å². The molecule has 0 atom stereocenters. The molecule has 158 valence electrons. The minimum atomic E-state index is -4.40. The van der Waals surface area contributed by atoms with Crippen molar-refractivity contribution in [3.8, 4) is 11.1 Å². The van der Waals surface area contributed by atoms with Gasteiger partial charge in [0.15, 0.2) is 0 Å². The van der Waals surface area contributed by atoms with E-state index in [-0.39, 0.29) is 17.7 Å². The number of piperazine rings is 1. The van der Waals surface area contributed by atoms with E-state index in [1.165, 1.54) is 12.1 Å². The maximum atomic E-state index is 13.1. The first-order valence-electron chi connectivity index (χ1n) is 10.2. The van der Waals surface area contributed by atoms with Crippen LogP contribution in [-0.4, -0.2) is 47.8 Å². The molecule has 0 unspecified atom stereocenters. The Hall–Kier alpha value is -2.83. The predicted molar refractivity (Wildman–Crippen MR) is 107 cm³/mol. The summed E-state index contributed by atoms with van der Waals surface area (Å²) in [6.45, 7) is 1.95. The van der Waals surface area contributed by atoms with Crippen molar-refractivity contribution in [1.29, 1.82) is 0 Å². The molecule has 2 aliphatic rings. The van der Waals surface area contributed by atoms with E-state index in [1.54, 1.807) is 29.2 Å². The molecule has 1 heterocycles. The van der Waals surface area contributed by atoms with Gasteiger partial charge in [-0.25, -0.2) is 0 Å². The molecule has 1 aliphatic heterocycles. The molecule has 1 aliphatic carbocycles. The van der Waals surface area contributed by atoms with Crippen molar-refractivity contribution in [3.63, 3.8) is 0 Å². The monoisotopic (exact) mass is 416 g/mol. The Morgan fingerprint density at radius 1 is 0.833 bits per heavy atom. The highest BCUT2D eigenvalue weighted by molar-refractivity contribution is 6.01. The number of rotatable bonds is 3. The highest BCUT2D eigenvalue weighted by Gasteiger charge is 2.33. The van der Waals surface area contributed by atoms with Crippen LogP contribution in [0, 0.1) is 5.92 Å². The summed E-state index contributed by atoms with van der Waals surface area (Å²) in [6.07, 6.45) is -1.38. The van der Waals surface area contributed by atoms with Gasteiger partial charge in [0.1, 0.15) is 0 Å². The fraction of sp³-hybridized carbons (Fsp3) is 0.391. The van der Waals surface area contributed by atoms with Crippen LogP contribution < -0.4 is 0 Å². The Morgan fingerprint density at radius 3 is 2.00 bits per heavy atom. The van der Waals surface area contributed by atoms with Crippen LogP contribution >= 0.6 is 0 Å². The third kappa shape index (κ3) is 4.06. The third-order valence-electron chi connectivity index (χ3n) is 6.01. The quantitative estimate of drug-likeness (QED) is 0.742. The van der Waals surface area contributed by atoms with Gasteiger partial charge in [-0.2, -0.15) is 13.2 Å². The molecule has 0 spiro atoms. The number of alkyl halides is 3. The van der Waals surface area contributed by atoms with Crippen LogP contribution in [0.4, 0.5) is 13.2 Å². The second-order valence-electron chi connectivity index (χ2n) is 7.87. The number of nitrogens with zero attached hydrogens (tertiary/aromatic N) is 2. The summed E-state index contributed by atoms with van der Waals surface area (Å²) in [5.41, 5.74) is 0.897. The van der Waals surface area contributed by atoms with Crippen LogP contribution in [0.25, 0.3) is 11.1 Å². The van der Waals surface area contributed by atoms with Crippen molar-refractivity contribution in [2.45, 2.75) is 25.4 Å². The predicted octanol–water partition coefficient (Wildman–Crippen LogP) is 4.46. The van der Waals surface area contributed by atoms with Gasteiger partial charge >= 0.3 is 6.18 Å². The van der Waals surface area contributed by atoms with E-state index >= 15 is 0 Å². The van der Waals surface area contributed by atoms with Crippen LogP contribution in [0.1, 0.15) is 35.2 Å². The Balaban J connectivity index is 1.48. The molecule has 7 heteroatoms. The molecule has 2 aromatic rings. The third-order valence-corrected chi connectivity index (χ3v) is 6.01. The van der Waals surface area contributed by atoms with Gasteiger partial charge in [-0.05, 0) is 42.2 Å². The molecule has 2 fully saturated rings. The number of hydrogen-bond donors (Lipinski definition) is 0. The molecular weight excluding hydrogens is 393 g/mol. The second kappa shape index (κ2) is 8.13. The number of hydrogen-bond acceptors (Lipinski definition) is 2. The fourth-order valence-electron chi connectivity index (χ4n) is 3.97. The van der Waals surface area contributed by atoms with E-state index in [1.807, 2.05) is 4.90 Å². The normalized spacial score (nSPS) is 17.6. The summed E-state index contributed by atoms with van der Waals surface area (Å²) >= 11 is 0. The highest BCUT2D eigenvalue weighted by Crippen LogP contribution is 2.32. The number of carbonyl (C=O) groups is 2. The topological polar surface area (TPSA) is 40.6 Å². The van der Waals surface area contributed by atoms with Crippen molar-refractivity contribution < 1.29 is 22.8 Å². The van der Waals surface area contributed by atoms with E-state index < -0.39 is 11.7 Å². The maximum absolute atomic E-state index is 13.1. The molecule has 0 N–H and O–H groups in total. The number of amides is 2. The first-order valence-corrected chi connectivity index (χ1v) is 10.2. The number of halogens is 3. The average Bonchev–Trinajstić information content (AvgIpc) is 2.71. The molecule has 4 rings (SSSR count). The summed E-state index contributed by atoms with van der Waals surface area (Å²) < 4.78 is 38.5. The van der Waals surface area contributed by atoms with Gasteiger partial charge in [-0.3, -0.25) is 9.59 Å². The molecule has 0 aromatic heterocycles. The average molecular weight is 416 g/mol. The summed E-state index contributed by atoms with van der Waals surface area (Å²) in [4.78, 5) is 29.1. The van der Waals surface area contributed by atoms with Crippen LogP contribution in [0.3, 0.4) is 0 Å². The van der Waals surface area contributed by atoms with Crippen molar-refractivity contribution >= 4 is 11.8 Å². The van der Waals surface area contributed by atoms with Crippen LogP contribution in [0.5, 0.6) is 0 Å². The lowest BCUT2D eigenvalue weighted by molar-refractivity contribution is -0.139. The standard InChI is InChI=1S/C23H23F3N2O2/c24-23(25,26)18-10-8-16(9-11-18)19-6-1-2-7-20(19)22(30)28-14-12-27(13-15-28)21(29)17-4-3-5-17/h1-2,6-11,17H,3-5,12-15H2. The van der Waals surface area contributed by atoms with Gasteiger partial charge in [0.05, 0.1) is 5.56 Å². The van der Waals surface area contributed by atoms with Gasteiger partial charge in [0.25, 0.3) is 5.91 Å².